The van der Waals surface area contributed by atoms with E-state index in [1.807, 2.05) is 0 Å². The number of nitrogens with zero attached hydrogens (tertiary/aromatic N) is 1. The van der Waals surface area contributed by atoms with Gasteiger partial charge in [0.05, 0.1) is 5.75 Å². The number of aliphatic imine (C=N–C) groups is 1. The first-order valence-corrected chi connectivity index (χ1v) is 2.82. The van der Waals surface area contributed by atoms with Crippen LogP contribution in [0.15, 0.2) is 4.99 Å². The summed E-state index contributed by atoms with van der Waals surface area (Å²) in [6.07, 6.45) is 0. The van der Waals surface area contributed by atoms with Crippen LogP contribution >= 0.6 is 11.8 Å². The van der Waals surface area contributed by atoms with Crippen LogP contribution in [0.1, 0.15) is 0 Å². The summed E-state index contributed by atoms with van der Waals surface area (Å²) >= 11 is 1.41. The van der Waals surface area contributed by atoms with Gasteiger partial charge in [-0.25, -0.2) is 4.99 Å². The number of hydrogen-bond acceptors (Lipinski definition) is 3. The third-order valence-corrected chi connectivity index (χ3v) is 1.41. The number of thioether (sulfide) groups is 1. The van der Waals surface area contributed by atoms with Crippen LogP contribution in [0.4, 0.5) is 0 Å². The van der Waals surface area contributed by atoms with Crippen molar-refractivity contribution in [2.24, 2.45) is 10.7 Å². The Morgan fingerprint density at radius 2 is 2.57 bits per heavy atom. The van der Waals surface area contributed by atoms with Crippen LogP contribution in [0.2, 0.25) is 0 Å². The number of rotatable bonds is 0. The molecule has 0 bridgehead atoms. The molecule has 38 valence electrons. The van der Waals surface area contributed by atoms with Crippen LogP contribution in [0.25, 0.3) is 0 Å². The van der Waals surface area contributed by atoms with Crippen molar-refractivity contribution in [1.29, 1.82) is 5.41 Å². The van der Waals surface area contributed by atoms with Gasteiger partial charge in [0, 0.05) is 0 Å². The molecule has 3 N–H and O–H groups in total. The fraction of sp³-hybridized carbons (Fsp3) is 0.333. The lowest BCUT2D eigenvalue weighted by molar-refractivity contribution is 1.43. The zero-order chi connectivity index (χ0) is 5.28. The Morgan fingerprint density at radius 3 is 2.71 bits per heavy atom. The smallest absolute Gasteiger partial charge is 0.161 e. The van der Waals surface area contributed by atoms with Gasteiger partial charge in [0.25, 0.3) is 0 Å². The lowest BCUT2D eigenvalue weighted by Crippen LogP contribution is -2.01. The van der Waals surface area contributed by atoms with Gasteiger partial charge in [-0.15, -0.1) is 0 Å². The zero-order valence-electron chi connectivity index (χ0n) is 3.64. The monoisotopic (exact) mass is 115 g/mol. The van der Waals surface area contributed by atoms with Crippen molar-refractivity contribution in [3.05, 3.63) is 0 Å². The molecule has 0 aromatic rings. The molecule has 1 heterocycles. The largest absolute Gasteiger partial charge is 0.378 e. The number of hydrogen-bond donors (Lipinski definition) is 2. The van der Waals surface area contributed by atoms with Crippen LogP contribution in [-0.2, 0) is 0 Å². The average Bonchev–Trinajstić information content (AvgIpc) is 1.87. The van der Waals surface area contributed by atoms with E-state index in [4.69, 9.17) is 11.1 Å². The Hall–Kier alpha value is -0.510. The molecular formula is C3H5N3S. The number of nitrogens with two attached hydrogens (primary N) is 1. The first-order valence-electron chi connectivity index (χ1n) is 1.83. The van der Waals surface area contributed by atoms with E-state index in [1.165, 1.54) is 11.8 Å². The highest BCUT2D eigenvalue weighted by molar-refractivity contribution is 8.14. The lowest BCUT2D eigenvalue weighted by Gasteiger charge is -1.77. The summed E-state index contributed by atoms with van der Waals surface area (Å²) in [5.41, 5.74) is 5.20. The van der Waals surface area contributed by atoms with Crippen molar-refractivity contribution in [3.63, 3.8) is 0 Å². The van der Waals surface area contributed by atoms with E-state index in [1.54, 1.807) is 0 Å². The van der Waals surface area contributed by atoms with Gasteiger partial charge < -0.3 is 5.73 Å². The minimum absolute atomic E-state index is 0.377. The molecule has 0 aromatic heterocycles. The van der Waals surface area contributed by atoms with Gasteiger partial charge in [0.1, 0.15) is 5.84 Å². The highest BCUT2D eigenvalue weighted by Crippen LogP contribution is 2.07. The SMILES string of the molecule is N=C1CSC(N)=N1. The second kappa shape index (κ2) is 1.54. The molecule has 0 amide bonds. The zero-order valence-corrected chi connectivity index (χ0v) is 4.46. The molecule has 4 heteroatoms. The van der Waals surface area contributed by atoms with E-state index in [9.17, 15) is 0 Å². The Kier molecular flexibility index (Phi) is 1.02. The molecule has 3 nitrogen and oxygen atoms in total. The first-order chi connectivity index (χ1) is 3.29. The van der Waals surface area contributed by atoms with E-state index in [-0.39, 0.29) is 0 Å². The molecular weight excluding hydrogens is 110 g/mol. The molecule has 1 aliphatic rings. The summed E-state index contributed by atoms with van der Waals surface area (Å²) in [5.74, 6) is 1.02. The van der Waals surface area contributed by atoms with Crippen LogP contribution in [0.5, 0.6) is 0 Å². The van der Waals surface area contributed by atoms with Crippen molar-refractivity contribution in [2.45, 2.75) is 0 Å². The van der Waals surface area contributed by atoms with E-state index < -0.39 is 0 Å². The van der Waals surface area contributed by atoms with Crippen molar-refractivity contribution in [1.82, 2.24) is 0 Å². The van der Waals surface area contributed by atoms with Gasteiger partial charge in [0.15, 0.2) is 5.17 Å². The standard InChI is InChI=1S/C3H5N3S/c4-2-1-7-3(5)6-2/h1H2,(H3,4,5,6). The van der Waals surface area contributed by atoms with E-state index in [0.717, 1.165) is 0 Å². The van der Waals surface area contributed by atoms with Gasteiger partial charge in [-0.2, -0.15) is 0 Å². The summed E-state index contributed by atoms with van der Waals surface area (Å²) in [4.78, 5) is 3.63. The molecule has 0 atom stereocenters. The van der Waals surface area contributed by atoms with E-state index >= 15 is 0 Å². The molecule has 1 aliphatic heterocycles. The third kappa shape index (κ3) is 0.928. The quantitative estimate of drug-likeness (QED) is 0.467. The Labute approximate surface area is 45.5 Å². The molecule has 0 unspecified atom stereocenters. The highest BCUT2D eigenvalue weighted by Gasteiger charge is 2.05. The van der Waals surface area contributed by atoms with Crippen molar-refractivity contribution < 1.29 is 0 Å². The van der Waals surface area contributed by atoms with Gasteiger partial charge >= 0.3 is 0 Å². The summed E-state index contributed by atoms with van der Waals surface area (Å²) < 4.78 is 0. The predicted molar refractivity (Wildman–Crippen MR) is 31.8 cm³/mol. The maximum atomic E-state index is 6.89. The summed E-state index contributed by atoms with van der Waals surface area (Å²) in [6, 6.07) is 0. The first kappa shape index (κ1) is 4.64. The summed E-state index contributed by atoms with van der Waals surface area (Å²) in [6.45, 7) is 0. The van der Waals surface area contributed by atoms with Gasteiger partial charge in [-0.3, -0.25) is 5.41 Å². The molecule has 0 saturated carbocycles. The maximum Gasteiger partial charge on any atom is 0.161 e. The van der Waals surface area contributed by atoms with Crippen LogP contribution in [0, 0.1) is 5.41 Å². The van der Waals surface area contributed by atoms with Crippen molar-refractivity contribution in [2.75, 3.05) is 5.75 Å². The molecule has 0 aromatic carbocycles. The second-order valence-electron chi connectivity index (χ2n) is 1.19. The van der Waals surface area contributed by atoms with Crippen molar-refractivity contribution in [3.8, 4) is 0 Å². The number of amidine groups is 2. The molecule has 0 aliphatic carbocycles. The van der Waals surface area contributed by atoms with E-state index in [2.05, 4.69) is 4.99 Å². The Balaban J connectivity index is 2.67. The van der Waals surface area contributed by atoms with Crippen LogP contribution in [0.3, 0.4) is 0 Å². The second-order valence-corrected chi connectivity index (χ2v) is 2.18. The molecule has 0 radical (unpaired) electrons. The third-order valence-electron chi connectivity index (χ3n) is 0.602. The Morgan fingerprint density at radius 1 is 1.86 bits per heavy atom. The van der Waals surface area contributed by atoms with Crippen LogP contribution < -0.4 is 5.73 Å². The molecule has 0 spiro atoms. The normalized spacial score (nSPS) is 20.0. The molecule has 1 rings (SSSR count). The minimum Gasteiger partial charge on any atom is -0.378 e. The lowest BCUT2D eigenvalue weighted by atomic mass is 10.7. The summed E-state index contributed by atoms with van der Waals surface area (Å²) in [7, 11) is 0. The van der Waals surface area contributed by atoms with Gasteiger partial charge in [-0.05, 0) is 0 Å². The summed E-state index contributed by atoms with van der Waals surface area (Å²) in [5, 5.41) is 7.41. The molecule has 0 saturated heterocycles. The molecule has 0 fully saturated rings. The highest BCUT2D eigenvalue weighted by atomic mass is 32.2. The van der Waals surface area contributed by atoms with Gasteiger partial charge in [0.2, 0.25) is 0 Å². The van der Waals surface area contributed by atoms with E-state index in [0.29, 0.717) is 16.8 Å². The minimum atomic E-state index is 0.377. The van der Waals surface area contributed by atoms with Gasteiger partial charge in [-0.1, -0.05) is 11.8 Å². The fourth-order valence-corrected chi connectivity index (χ4v) is 0.864. The topological polar surface area (TPSA) is 62.2 Å². The maximum absolute atomic E-state index is 6.89. The van der Waals surface area contributed by atoms with Crippen molar-refractivity contribution >= 4 is 22.8 Å². The predicted octanol–water partition coefficient (Wildman–Crippen LogP) is 0.0252. The molecule has 7 heavy (non-hydrogen) atoms. The Bertz CT molecular complexity index is 128. The van der Waals surface area contributed by atoms with Crippen LogP contribution in [-0.4, -0.2) is 16.8 Å². The average molecular weight is 115 g/mol. The number of nitrogens with one attached hydrogen (secondary N) is 1. The fourth-order valence-electron chi connectivity index (χ4n) is 0.340.